The molecule has 2 amide bonds. The number of benzene rings is 1. The van der Waals surface area contributed by atoms with E-state index in [9.17, 15) is 19.1 Å². The average Bonchev–Trinajstić information content (AvgIpc) is 2.92. The summed E-state index contributed by atoms with van der Waals surface area (Å²) in [6, 6.07) is 5.61. The van der Waals surface area contributed by atoms with Gasteiger partial charge in [0.05, 0.1) is 12.1 Å². The molecule has 3 rings (SSSR count). The lowest BCUT2D eigenvalue weighted by atomic mass is 10.0. The first-order valence-corrected chi connectivity index (χ1v) is 7.54. The zero-order valence-corrected chi connectivity index (χ0v) is 12.8. The molecule has 122 valence electrons. The van der Waals surface area contributed by atoms with Crippen molar-refractivity contribution >= 4 is 17.5 Å². The van der Waals surface area contributed by atoms with E-state index < -0.39 is 6.10 Å². The van der Waals surface area contributed by atoms with E-state index in [1.807, 2.05) is 0 Å². The molecule has 0 saturated carbocycles. The fourth-order valence-corrected chi connectivity index (χ4v) is 3.03. The van der Waals surface area contributed by atoms with Gasteiger partial charge in [0.25, 0.3) is 5.91 Å². The molecule has 2 aliphatic heterocycles. The van der Waals surface area contributed by atoms with Crippen molar-refractivity contribution in [1.29, 1.82) is 0 Å². The van der Waals surface area contributed by atoms with Crippen LogP contribution in [-0.4, -0.2) is 52.2 Å². The van der Waals surface area contributed by atoms with Gasteiger partial charge in [0, 0.05) is 26.4 Å². The number of likely N-dealkylation sites (tertiary alicyclic amines) is 1. The maximum Gasteiger partial charge on any atom is 0.270 e. The zero-order valence-electron chi connectivity index (χ0n) is 12.8. The number of hydrazone groups is 1. The normalized spacial score (nSPS) is 24.8. The Labute approximate surface area is 133 Å². The van der Waals surface area contributed by atoms with E-state index in [-0.39, 0.29) is 36.6 Å². The first kappa shape index (κ1) is 15.6. The molecule has 6 nitrogen and oxygen atoms in total. The molecule has 2 atom stereocenters. The molecule has 1 saturated heterocycles. The number of aliphatic hydroxyl groups excluding tert-OH is 1. The summed E-state index contributed by atoms with van der Waals surface area (Å²) >= 11 is 0. The standard InChI is InChI=1S/C16H18FN3O3/c1-19-15(22)7-6-13(18-19)16(23)20-9-12(21)8-14(20)10-2-4-11(17)5-3-10/h2-5,12,14,21H,6-9H2,1H3/t12-,14-/m0/s1. The summed E-state index contributed by atoms with van der Waals surface area (Å²) in [5, 5.41) is 15.2. The Kier molecular flexibility index (Phi) is 4.12. The predicted molar refractivity (Wildman–Crippen MR) is 80.9 cm³/mol. The minimum Gasteiger partial charge on any atom is -0.391 e. The molecule has 2 aliphatic rings. The van der Waals surface area contributed by atoms with E-state index in [1.54, 1.807) is 17.0 Å². The highest BCUT2D eigenvalue weighted by Crippen LogP contribution is 2.33. The molecule has 2 heterocycles. The number of hydrogen-bond donors (Lipinski definition) is 1. The van der Waals surface area contributed by atoms with Crippen LogP contribution in [0.5, 0.6) is 0 Å². The summed E-state index contributed by atoms with van der Waals surface area (Å²) in [6.07, 6.45) is 0.320. The predicted octanol–water partition coefficient (Wildman–Crippen LogP) is 1.07. The van der Waals surface area contributed by atoms with Crippen LogP contribution in [0.15, 0.2) is 29.4 Å². The van der Waals surface area contributed by atoms with Gasteiger partial charge in [-0.1, -0.05) is 12.1 Å². The van der Waals surface area contributed by atoms with Gasteiger partial charge in [0.2, 0.25) is 5.91 Å². The van der Waals surface area contributed by atoms with Crippen LogP contribution >= 0.6 is 0 Å². The number of β-amino-alcohol motifs (C(OH)–C–C–N with tert-alkyl or cyclic N) is 1. The molecule has 0 unspecified atom stereocenters. The minimum atomic E-state index is -0.627. The van der Waals surface area contributed by atoms with E-state index in [2.05, 4.69) is 5.10 Å². The van der Waals surface area contributed by atoms with Gasteiger partial charge in [-0.25, -0.2) is 9.40 Å². The second kappa shape index (κ2) is 6.08. The summed E-state index contributed by atoms with van der Waals surface area (Å²) < 4.78 is 13.1. The molecule has 1 aromatic carbocycles. The maximum absolute atomic E-state index is 13.1. The highest BCUT2D eigenvalue weighted by atomic mass is 19.1. The van der Waals surface area contributed by atoms with Crippen molar-refractivity contribution in [3.8, 4) is 0 Å². The number of carbonyl (C=O) groups excluding carboxylic acids is 2. The first-order valence-electron chi connectivity index (χ1n) is 7.54. The van der Waals surface area contributed by atoms with Crippen molar-refractivity contribution < 1.29 is 19.1 Å². The molecule has 0 aliphatic carbocycles. The van der Waals surface area contributed by atoms with E-state index in [0.717, 1.165) is 5.56 Å². The first-order chi connectivity index (χ1) is 11.0. The van der Waals surface area contributed by atoms with Crippen molar-refractivity contribution in [1.82, 2.24) is 9.91 Å². The third kappa shape index (κ3) is 3.10. The van der Waals surface area contributed by atoms with E-state index in [0.29, 0.717) is 18.6 Å². The van der Waals surface area contributed by atoms with Gasteiger partial charge in [-0.05, 0) is 24.1 Å². The summed E-state index contributed by atoms with van der Waals surface area (Å²) in [6.45, 7) is 0.206. The van der Waals surface area contributed by atoms with Crippen LogP contribution in [0.25, 0.3) is 0 Å². The molecule has 0 spiro atoms. The summed E-state index contributed by atoms with van der Waals surface area (Å²) in [5.41, 5.74) is 1.09. The largest absolute Gasteiger partial charge is 0.391 e. The molecule has 0 radical (unpaired) electrons. The summed E-state index contributed by atoms with van der Waals surface area (Å²) in [7, 11) is 1.52. The van der Waals surface area contributed by atoms with E-state index in [4.69, 9.17) is 0 Å². The highest BCUT2D eigenvalue weighted by molar-refractivity contribution is 6.39. The third-order valence-corrected chi connectivity index (χ3v) is 4.25. The summed E-state index contributed by atoms with van der Waals surface area (Å²) in [5.74, 6) is -0.754. The maximum atomic E-state index is 13.1. The number of hydrogen-bond acceptors (Lipinski definition) is 4. The Morgan fingerprint density at radius 1 is 1.30 bits per heavy atom. The van der Waals surface area contributed by atoms with Crippen LogP contribution in [0.1, 0.15) is 30.9 Å². The Morgan fingerprint density at radius 3 is 2.65 bits per heavy atom. The minimum absolute atomic E-state index is 0.127. The van der Waals surface area contributed by atoms with Crippen LogP contribution in [-0.2, 0) is 9.59 Å². The molecule has 1 N–H and O–H groups in total. The van der Waals surface area contributed by atoms with Gasteiger partial charge >= 0.3 is 0 Å². The third-order valence-electron chi connectivity index (χ3n) is 4.25. The van der Waals surface area contributed by atoms with E-state index >= 15 is 0 Å². The van der Waals surface area contributed by atoms with Crippen molar-refractivity contribution in [2.75, 3.05) is 13.6 Å². The Bertz CT molecular complexity index is 659. The van der Waals surface area contributed by atoms with Gasteiger partial charge in [-0.15, -0.1) is 0 Å². The lowest BCUT2D eigenvalue weighted by molar-refractivity contribution is -0.130. The second-order valence-electron chi connectivity index (χ2n) is 5.88. The number of nitrogens with zero attached hydrogens (tertiary/aromatic N) is 3. The molecule has 0 bridgehead atoms. The quantitative estimate of drug-likeness (QED) is 0.886. The number of amides is 2. The average molecular weight is 319 g/mol. The van der Waals surface area contributed by atoms with Crippen LogP contribution in [0.4, 0.5) is 4.39 Å². The zero-order chi connectivity index (χ0) is 16.6. The van der Waals surface area contributed by atoms with Crippen LogP contribution in [0.3, 0.4) is 0 Å². The van der Waals surface area contributed by atoms with Gasteiger partial charge in [-0.3, -0.25) is 9.59 Å². The lowest BCUT2D eigenvalue weighted by Gasteiger charge is -2.27. The van der Waals surface area contributed by atoms with Crippen molar-refractivity contribution in [2.24, 2.45) is 5.10 Å². The van der Waals surface area contributed by atoms with E-state index in [1.165, 1.54) is 24.2 Å². The second-order valence-corrected chi connectivity index (χ2v) is 5.88. The van der Waals surface area contributed by atoms with Gasteiger partial charge in [-0.2, -0.15) is 5.10 Å². The number of carbonyl (C=O) groups is 2. The Morgan fingerprint density at radius 2 is 2.00 bits per heavy atom. The van der Waals surface area contributed by atoms with Gasteiger partial charge in [0.15, 0.2) is 0 Å². The van der Waals surface area contributed by atoms with Gasteiger partial charge in [0.1, 0.15) is 11.5 Å². The number of aliphatic hydroxyl groups is 1. The number of halogens is 1. The fourth-order valence-electron chi connectivity index (χ4n) is 3.03. The van der Waals surface area contributed by atoms with Crippen LogP contribution in [0.2, 0.25) is 0 Å². The molecule has 7 heteroatoms. The molecule has 23 heavy (non-hydrogen) atoms. The Balaban J connectivity index is 1.85. The van der Waals surface area contributed by atoms with Crippen LogP contribution < -0.4 is 0 Å². The van der Waals surface area contributed by atoms with Crippen LogP contribution in [0, 0.1) is 5.82 Å². The molecular weight excluding hydrogens is 301 g/mol. The molecular formula is C16H18FN3O3. The van der Waals surface area contributed by atoms with Crippen molar-refractivity contribution in [3.63, 3.8) is 0 Å². The Hall–Kier alpha value is -2.28. The topological polar surface area (TPSA) is 73.2 Å². The molecule has 1 fully saturated rings. The smallest absolute Gasteiger partial charge is 0.270 e. The number of rotatable bonds is 2. The fraction of sp³-hybridized carbons (Fsp3) is 0.438. The van der Waals surface area contributed by atoms with Crippen molar-refractivity contribution in [2.45, 2.75) is 31.4 Å². The molecule has 1 aromatic rings. The molecule has 0 aromatic heterocycles. The monoisotopic (exact) mass is 319 g/mol. The lowest BCUT2D eigenvalue weighted by Crippen LogP contribution is -2.40. The highest BCUT2D eigenvalue weighted by Gasteiger charge is 2.38. The van der Waals surface area contributed by atoms with Crippen molar-refractivity contribution in [3.05, 3.63) is 35.6 Å². The summed E-state index contributed by atoms with van der Waals surface area (Å²) in [4.78, 5) is 25.7. The SMILES string of the molecule is CN1N=C(C(=O)N2C[C@@H](O)C[C@H]2c2ccc(F)cc2)CCC1=O. The van der Waals surface area contributed by atoms with Gasteiger partial charge < -0.3 is 10.0 Å².